The van der Waals surface area contributed by atoms with Gasteiger partial charge < -0.3 is 15.7 Å². The van der Waals surface area contributed by atoms with Crippen LogP contribution in [-0.2, 0) is 4.79 Å². The summed E-state index contributed by atoms with van der Waals surface area (Å²) in [6, 6.07) is -0.146. The monoisotopic (exact) mass is 272 g/mol. The van der Waals surface area contributed by atoms with E-state index in [1.807, 2.05) is 6.92 Å². The minimum atomic E-state index is -0.764. The molecule has 0 aliphatic carbocycles. The predicted molar refractivity (Wildman–Crippen MR) is 76.1 cm³/mol. The van der Waals surface area contributed by atoms with Crippen LogP contribution in [0.5, 0.6) is 0 Å². The fourth-order valence-corrected chi connectivity index (χ4v) is 1.45. The third-order valence-corrected chi connectivity index (χ3v) is 3.46. The Labute approximate surface area is 116 Å². The quantitative estimate of drug-likeness (QED) is 0.603. The largest absolute Gasteiger partial charge is 0.481 e. The smallest absolute Gasteiger partial charge is 0.314 e. The Hall–Kier alpha value is -1.26. The molecule has 0 rings (SSSR count). The minimum absolute atomic E-state index is 0.117. The van der Waals surface area contributed by atoms with Gasteiger partial charge in [-0.2, -0.15) is 0 Å². The highest BCUT2D eigenvalue weighted by Crippen LogP contribution is 2.17. The van der Waals surface area contributed by atoms with Crippen LogP contribution in [0.4, 0.5) is 4.79 Å². The minimum Gasteiger partial charge on any atom is -0.481 e. The normalized spacial score (nSPS) is 12.8. The van der Waals surface area contributed by atoms with Gasteiger partial charge in [-0.15, -0.1) is 0 Å². The van der Waals surface area contributed by atoms with Gasteiger partial charge in [0.05, 0.1) is 0 Å². The zero-order valence-electron chi connectivity index (χ0n) is 12.6. The van der Waals surface area contributed by atoms with Gasteiger partial charge in [0, 0.05) is 19.5 Å². The highest BCUT2D eigenvalue weighted by molar-refractivity contribution is 5.73. The molecule has 0 spiro atoms. The molecule has 0 fully saturated rings. The van der Waals surface area contributed by atoms with E-state index in [1.165, 1.54) is 0 Å². The van der Waals surface area contributed by atoms with Crippen LogP contribution in [0.1, 0.15) is 53.4 Å². The molecular formula is C14H28N2O3. The van der Waals surface area contributed by atoms with Crippen LogP contribution in [0.15, 0.2) is 0 Å². The van der Waals surface area contributed by atoms with Crippen molar-refractivity contribution in [1.29, 1.82) is 0 Å². The lowest BCUT2D eigenvalue weighted by Crippen LogP contribution is -2.41. The number of carboxylic acids is 1. The summed E-state index contributed by atoms with van der Waals surface area (Å²) in [6.07, 6.45) is 2.66. The predicted octanol–water partition coefficient (Wildman–Crippen LogP) is 2.61. The first kappa shape index (κ1) is 17.7. The van der Waals surface area contributed by atoms with Gasteiger partial charge in [-0.05, 0) is 30.6 Å². The first-order valence-corrected chi connectivity index (χ1v) is 7.00. The molecule has 2 amide bonds. The van der Waals surface area contributed by atoms with Crippen LogP contribution in [0.3, 0.4) is 0 Å². The van der Waals surface area contributed by atoms with E-state index in [-0.39, 0.29) is 17.9 Å². The standard InChI is InChI=1S/C14H28N2O3/c1-5-14(3,4)10-16-13(19)15-9-8-11(2)6-7-12(17)18/h11H,5-10H2,1-4H3,(H,17,18)(H2,15,16,19). The van der Waals surface area contributed by atoms with Gasteiger partial charge >= 0.3 is 12.0 Å². The van der Waals surface area contributed by atoms with Gasteiger partial charge in [0.15, 0.2) is 0 Å². The first-order valence-electron chi connectivity index (χ1n) is 7.00. The van der Waals surface area contributed by atoms with Crippen molar-refractivity contribution < 1.29 is 14.7 Å². The van der Waals surface area contributed by atoms with E-state index >= 15 is 0 Å². The van der Waals surface area contributed by atoms with Gasteiger partial charge in [0.2, 0.25) is 0 Å². The molecule has 0 radical (unpaired) electrons. The summed E-state index contributed by atoms with van der Waals surface area (Å²) in [5.41, 5.74) is 0.117. The summed E-state index contributed by atoms with van der Waals surface area (Å²) in [6.45, 7) is 9.57. The van der Waals surface area contributed by atoms with Crippen molar-refractivity contribution in [2.45, 2.75) is 53.4 Å². The molecule has 112 valence electrons. The summed E-state index contributed by atoms with van der Waals surface area (Å²) in [5.74, 6) is -0.456. The number of aliphatic carboxylic acids is 1. The molecule has 0 saturated carbocycles. The van der Waals surface area contributed by atoms with Crippen LogP contribution in [0.2, 0.25) is 0 Å². The van der Waals surface area contributed by atoms with Crippen molar-refractivity contribution in [2.24, 2.45) is 11.3 Å². The molecule has 3 N–H and O–H groups in total. The van der Waals surface area contributed by atoms with E-state index in [0.29, 0.717) is 25.4 Å². The Bertz CT molecular complexity index is 290. The second-order valence-corrected chi connectivity index (χ2v) is 5.95. The Balaban J connectivity index is 3.66. The number of hydrogen-bond donors (Lipinski definition) is 3. The lowest BCUT2D eigenvalue weighted by molar-refractivity contribution is -0.137. The molecule has 0 aromatic rings. The number of nitrogens with one attached hydrogen (secondary N) is 2. The second-order valence-electron chi connectivity index (χ2n) is 5.95. The van der Waals surface area contributed by atoms with Crippen molar-refractivity contribution in [3.63, 3.8) is 0 Å². The summed E-state index contributed by atoms with van der Waals surface area (Å²) in [4.78, 5) is 22.0. The molecule has 0 bridgehead atoms. The molecule has 0 aromatic carbocycles. The van der Waals surface area contributed by atoms with Crippen molar-refractivity contribution >= 4 is 12.0 Å². The van der Waals surface area contributed by atoms with Crippen molar-refractivity contribution in [3.8, 4) is 0 Å². The zero-order chi connectivity index (χ0) is 14.9. The number of carbonyl (C=O) groups excluding carboxylic acids is 1. The second kappa shape index (κ2) is 8.77. The van der Waals surface area contributed by atoms with E-state index in [1.54, 1.807) is 0 Å². The maximum Gasteiger partial charge on any atom is 0.314 e. The Morgan fingerprint density at radius 2 is 1.84 bits per heavy atom. The lowest BCUT2D eigenvalue weighted by Gasteiger charge is -2.23. The molecule has 0 aliphatic heterocycles. The SMILES string of the molecule is CCC(C)(C)CNC(=O)NCCC(C)CCC(=O)O. The highest BCUT2D eigenvalue weighted by Gasteiger charge is 2.15. The molecule has 1 atom stereocenters. The number of amides is 2. The number of urea groups is 1. The highest BCUT2D eigenvalue weighted by atomic mass is 16.4. The summed E-state index contributed by atoms with van der Waals surface area (Å²) in [5, 5.41) is 14.2. The first-order chi connectivity index (χ1) is 8.76. The topological polar surface area (TPSA) is 78.4 Å². The summed E-state index contributed by atoms with van der Waals surface area (Å²) in [7, 11) is 0. The van der Waals surface area contributed by atoms with Gasteiger partial charge in [-0.25, -0.2) is 4.79 Å². The van der Waals surface area contributed by atoms with E-state index < -0.39 is 5.97 Å². The van der Waals surface area contributed by atoms with Crippen LogP contribution in [-0.4, -0.2) is 30.2 Å². The Kier molecular flexibility index (Phi) is 8.19. The molecule has 1 unspecified atom stereocenters. The fraction of sp³-hybridized carbons (Fsp3) is 0.857. The fourth-order valence-electron chi connectivity index (χ4n) is 1.45. The van der Waals surface area contributed by atoms with Crippen LogP contribution in [0, 0.1) is 11.3 Å². The van der Waals surface area contributed by atoms with Gasteiger partial charge in [0.25, 0.3) is 0 Å². The van der Waals surface area contributed by atoms with E-state index in [4.69, 9.17) is 5.11 Å². The van der Waals surface area contributed by atoms with Crippen molar-refractivity contribution in [2.75, 3.05) is 13.1 Å². The van der Waals surface area contributed by atoms with Gasteiger partial charge in [-0.1, -0.05) is 27.7 Å². The maximum absolute atomic E-state index is 11.5. The van der Waals surface area contributed by atoms with Gasteiger partial charge in [0.1, 0.15) is 0 Å². The Morgan fingerprint density at radius 3 is 2.37 bits per heavy atom. The molecule has 0 aliphatic rings. The Morgan fingerprint density at radius 1 is 1.21 bits per heavy atom. The average molecular weight is 272 g/mol. The number of carbonyl (C=O) groups is 2. The molecule has 0 aromatic heterocycles. The molecule has 19 heavy (non-hydrogen) atoms. The van der Waals surface area contributed by atoms with E-state index in [2.05, 4.69) is 31.4 Å². The van der Waals surface area contributed by atoms with Crippen LogP contribution in [0.25, 0.3) is 0 Å². The molecular weight excluding hydrogens is 244 g/mol. The van der Waals surface area contributed by atoms with E-state index in [0.717, 1.165) is 12.8 Å². The average Bonchev–Trinajstić information content (AvgIpc) is 2.34. The lowest BCUT2D eigenvalue weighted by atomic mass is 9.90. The van der Waals surface area contributed by atoms with E-state index in [9.17, 15) is 9.59 Å². The summed E-state index contributed by atoms with van der Waals surface area (Å²) >= 11 is 0. The molecule has 0 saturated heterocycles. The zero-order valence-corrected chi connectivity index (χ0v) is 12.6. The van der Waals surface area contributed by atoms with Crippen LogP contribution < -0.4 is 10.6 Å². The molecule has 5 heteroatoms. The third-order valence-electron chi connectivity index (χ3n) is 3.46. The maximum atomic E-state index is 11.5. The van der Waals surface area contributed by atoms with Crippen molar-refractivity contribution in [3.05, 3.63) is 0 Å². The molecule has 5 nitrogen and oxygen atoms in total. The number of rotatable bonds is 9. The number of carboxylic acid groups (broad SMARTS) is 1. The third kappa shape index (κ3) is 10.4. The molecule has 0 heterocycles. The van der Waals surface area contributed by atoms with Crippen molar-refractivity contribution in [1.82, 2.24) is 10.6 Å². The van der Waals surface area contributed by atoms with Gasteiger partial charge in [-0.3, -0.25) is 4.79 Å². The summed E-state index contributed by atoms with van der Waals surface area (Å²) < 4.78 is 0. The van der Waals surface area contributed by atoms with Crippen LogP contribution >= 0.6 is 0 Å². The number of hydrogen-bond acceptors (Lipinski definition) is 2.